The predicted octanol–water partition coefficient (Wildman–Crippen LogP) is 5.17. The highest BCUT2D eigenvalue weighted by atomic mass is 32.1. The molecule has 1 aliphatic rings. The van der Waals surface area contributed by atoms with Crippen molar-refractivity contribution in [2.24, 2.45) is 0 Å². The first kappa shape index (κ1) is 26.1. The average molecular weight is 518 g/mol. The van der Waals surface area contributed by atoms with Gasteiger partial charge in [-0.2, -0.15) is 57.1 Å². The van der Waals surface area contributed by atoms with Gasteiger partial charge in [0, 0.05) is 10.8 Å². The summed E-state index contributed by atoms with van der Waals surface area (Å²) in [6.45, 7) is -1.93. The zero-order valence-corrected chi connectivity index (χ0v) is 15.4. The van der Waals surface area contributed by atoms with E-state index in [1.54, 1.807) is 0 Å². The van der Waals surface area contributed by atoms with Crippen molar-refractivity contribution < 1.29 is 76.1 Å². The second-order valence-electron chi connectivity index (χ2n) is 6.12. The number of esters is 1. The zero-order chi connectivity index (χ0) is 25.0. The van der Waals surface area contributed by atoms with E-state index in [9.17, 15) is 61.9 Å². The smallest absolute Gasteiger partial charge is 0.460 e. The molecular formula is C14H7F13O4S. The number of alkyl halides is 13. The molecule has 0 aromatic carbocycles. The number of carbonyl (C=O) groups excluding carboxylic acids is 1. The van der Waals surface area contributed by atoms with Crippen molar-refractivity contribution in [2.45, 2.75) is 41.9 Å². The van der Waals surface area contributed by atoms with Crippen LogP contribution in [0, 0.1) is 0 Å². The third kappa shape index (κ3) is 3.79. The summed E-state index contributed by atoms with van der Waals surface area (Å²) in [5.41, 5.74) is 0. The fraction of sp³-hybridized carbons (Fsp3) is 0.643. The van der Waals surface area contributed by atoms with Crippen LogP contribution in [0.2, 0.25) is 0 Å². The highest BCUT2D eigenvalue weighted by Crippen LogP contribution is 2.60. The largest absolute Gasteiger partial charge is 0.485 e. The number of halogens is 13. The van der Waals surface area contributed by atoms with Crippen LogP contribution in [0.25, 0.3) is 0 Å². The molecular weight excluding hydrogens is 511 g/mol. The molecule has 1 aliphatic heterocycles. The fourth-order valence-electron chi connectivity index (χ4n) is 2.10. The summed E-state index contributed by atoms with van der Waals surface area (Å²) >= 11 is 1.03. The van der Waals surface area contributed by atoms with Gasteiger partial charge in [0.05, 0.1) is 0 Å². The molecule has 184 valence electrons. The summed E-state index contributed by atoms with van der Waals surface area (Å²) in [4.78, 5) is 11.2. The highest BCUT2D eigenvalue weighted by molar-refractivity contribution is 7.08. The maximum atomic E-state index is 13.6. The molecule has 0 N–H and O–H groups in total. The lowest BCUT2D eigenvalue weighted by Crippen LogP contribution is -2.71. The molecule has 1 unspecified atom stereocenters. The summed E-state index contributed by atoms with van der Waals surface area (Å²) in [7, 11) is 0. The number of thiophene rings is 1. The molecule has 1 aromatic rings. The Balaban J connectivity index is 2.22. The molecule has 0 radical (unpaired) electrons. The quantitative estimate of drug-likeness (QED) is 0.369. The van der Waals surface area contributed by atoms with Gasteiger partial charge < -0.3 is 14.2 Å². The molecule has 2 rings (SSSR count). The van der Waals surface area contributed by atoms with E-state index in [1.807, 2.05) is 0 Å². The Morgan fingerprint density at radius 3 is 1.88 bits per heavy atom. The second kappa shape index (κ2) is 7.72. The molecule has 1 aromatic heterocycles. The number of carbonyl (C=O) groups is 1. The van der Waals surface area contributed by atoms with Crippen molar-refractivity contribution in [1.82, 2.24) is 0 Å². The van der Waals surface area contributed by atoms with E-state index in [0.29, 0.717) is 0 Å². The molecule has 18 heteroatoms. The molecule has 1 atom stereocenters. The van der Waals surface area contributed by atoms with E-state index in [0.717, 1.165) is 11.3 Å². The van der Waals surface area contributed by atoms with Gasteiger partial charge in [0.25, 0.3) is 0 Å². The van der Waals surface area contributed by atoms with Gasteiger partial charge in [-0.1, -0.05) is 0 Å². The highest BCUT2D eigenvalue weighted by Gasteiger charge is 2.92. The van der Waals surface area contributed by atoms with Crippen LogP contribution in [0.5, 0.6) is 11.5 Å². The van der Waals surface area contributed by atoms with Crippen molar-refractivity contribution >= 4 is 17.3 Å². The monoisotopic (exact) mass is 518 g/mol. The number of rotatable bonds is 7. The van der Waals surface area contributed by atoms with Gasteiger partial charge in [-0.05, 0) is 0 Å². The van der Waals surface area contributed by atoms with Crippen molar-refractivity contribution in [2.75, 3.05) is 13.2 Å². The van der Waals surface area contributed by atoms with Crippen molar-refractivity contribution in [3.63, 3.8) is 0 Å². The van der Waals surface area contributed by atoms with Crippen LogP contribution in [0.15, 0.2) is 10.8 Å². The lowest BCUT2D eigenvalue weighted by atomic mass is 9.94. The topological polar surface area (TPSA) is 44.8 Å². The van der Waals surface area contributed by atoms with Crippen LogP contribution in [0.3, 0.4) is 0 Å². The summed E-state index contributed by atoms with van der Waals surface area (Å²) in [5, 5.41) is 2.71. The summed E-state index contributed by atoms with van der Waals surface area (Å²) in [6, 6.07) is 0. The van der Waals surface area contributed by atoms with Crippen LogP contribution in [0.1, 0.15) is 0 Å². The minimum atomic E-state index is -8.10. The first-order valence-electron chi connectivity index (χ1n) is 7.70. The molecule has 0 saturated carbocycles. The number of fused-ring (bicyclic) bond motifs is 1. The minimum absolute atomic E-state index is 0.0139. The van der Waals surface area contributed by atoms with Crippen molar-refractivity contribution in [3.05, 3.63) is 10.8 Å². The summed E-state index contributed by atoms with van der Waals surface area (Å²) < 4.78 is 182. The number of hydrogen-bond acceptors (Lipinski definition) is 5. The Morgan fingerprint density at radius 2 is 1.34 bits per heavy atom. The van der Waals surface area contributed by atoms with E-state index in [1.165, 1.54) is 10.8 Å². The molecule has 0 bridgehead atoms. The Morgan fingerprint density at radius 1 is 0.844 bits per heavy atom. The van der Waals surface area contributed by atoms with Crippen LogP contribution in [-0.4, -0.2) is 61.1 Å². The molecule has 0 amide bonds. The van der Waals surface area contributed by atoms with Gasteiger partial charge in [0.15, 0.2) is 17.6 Å². The first-order valence-corrected chi connectivity index (χ1v) is 8.64. The van der Waals surface area contributed by atoms with Crippen LogP contribution >= 0.6 is 11.3 Å². The molecule has 2 heterocycles. The van der Waals surface area contributed by atoms with Gasteiger partial charge in [0.2, 0.25) is 0 Å². The number of ether oxygens (including phenoxy) is 3. The van der Waals surface area contributed by atoms with Crippen molar-refractivity contribution in [1.29, 1.82) is 0 Å². The Labute approximate surface area is 171 Å². The van der Waals surface area contributed by atoms with E-state index in [2.05, 4.69) is 4.74 Å². The second-order valence-corrected chi connectivity index (χ2v) is 6.86. The number of hydrogen-bond donors (Lipinski definition) is 0. The van der Waals surface area contributed by atoms with E-state index >= 15 is 0 Å². The van der Waals surface area contributed by atoms with E-state index < -0.39 is 61.1 Å². The molecule has 0 spiro atoms. The Hall–Kier alpha value is -2.14. The van der Waals surface area contributed by atoms with E-state index in [4.69, 9.17) is 9.47 Å². The van der Waals surface area contributed by atoms with Crippen LogP contribution in [0.4, 0.5) is 57.1 Å². The minimum Gasteiger partial charge on any atom is -0.485 e. The molecule has 0 aliphatic carbocycles. The van der Waals surface area contributed by atoms with Gasteiger partial charge in [-0.15, -0.1) is 11.3 Å². The van der Waals surface area contributed by atoms with Crippen LogP contribution in [-0.2, 0) is 9.53 Å². The standard InChI is InChI=1S/C14H7F13O4S/c15-9(16,8(28)30-2-5-1-29-6-3-32-4-7(6)31-5)10(17,18)11(19,20)12(21,22)13(23,24)14(25,26)27/h3-5H,1-2H2. The maximum absolute atomic E-state index is 13.6. The molecule has 4 nitrogen and oxygen atoms in total. The molecule has 0 fully saturated rings. The van der Waals surface area contributed by atoms with Gasteiger partial charge in [-0.25, -0.2) is 4.79 Å². The summed E-state index contributed by atoms with van der Waals surface area (Å²) in [6.07, 6.45) is -9.01. The average Bonchev–Trinajstić information content (AvgIpc) is 3.12. The molecule has 32 heavy (non-hydrogen) atoms. The first-order chi connectivity index (χ1) is 14.2. The van der Waals surface area contributed by atoms with Crippen LogP contribution < -0.4 is 9.47 Å². The normalized spacial score (nSPS) is 18.5. The lowest BCUT2D eigenvalue weighted by Gasteiger charge is -2.39. The lowest BCUT2D eigenvalue weighted by molar-refractivity contribution is -0.437. The third-order valence-electron chi connectivity index (χ3n) is 3.90. The third-order valence-corrected chi connectivity index (χ3v) is 4.60. The van der Waals surface area contributed by atoms with Gasteiger partial charge in [-0.3, -0.25) is 0 Å². The Kier molecular flexibility index (Phi) is 6.30. The molecule has 0 saturated heterocycles. The predicted molar refractivity (Wildman–Crippen MR) is 76.0 cm³/mol. The maximum Gasteiger partial charge on any atom is 0.460 e. The fourth-order valence-corrected chi connectivity index (χ4v) is 2.77. The zero-order valence-electron chi connectivity index (χ0n) is 14.6. The summed E-state index contributed by atoms with van der Waals surface area (Å²) in [5.74, 6) is -42.2. The Bertz CT molecular complexity index is 848. The van der Waals surface area contributed by atoms with Crippen molar-refractivity contribution in [3.8, 4) is 11.5 Å². The van der Waals surface area contributed by atoms with E-state index in [-0.39, 0.29) is 11.5 Å². The SMILES string of the molecule is O=C(OCC1COc2cscc2O1)C(F)(F)C(F)(F)C(F)(F)C(F)(F)C(F)(F)C(F)(F)F. The van der Waals surface area contributed by atoms with Gasteiger partial charge >= 0.3 is 41.8 Å². The van der Waals surface area contributed by atoms with Gasteiger partial charge in [0.1, 0.15) is 13.2 Å².